The van der Waals surface area contributed by atoms with E-state index in [0.29, 0.717) is 0 Å². The lowest BCUT2D eigenvalue weighted by Gasteiger charge is -2.18. The van der Waals surface area contributed by atoms with Crippen molar-refractivity contribution in [2.24, 2.45) is 5.92 Å². The number of hydrogen-bond donors (Lipinski definition) is 2. The van der Waals surface area contributed by atoms with Gasteiger partial charge in [-0.1, -0.05) is 48.0 Å². The highest BCUT2D eigenvalue weighted by Gasteiger charge is 2.16. The van der Waals surface area contributed by atoms with E-state index in [1.54, 1.807) is 0 Å². The number of aliphatic hydroxyl groups is 1. The monoisotopic (exact) mass is 327 g/mol. The molecule has 0 heterocycles. The molecule has 0 aliphatic carbocycles. The summed E-state index contributed by atoms with van der Waals surface area (Å²) in [6.07, 6.45) is 0.360. The molecular weight excluding hydrogens is 306 g/mol. The van der Waals surface area contributed by atoms with Crippen LogP contribution in [-0.2, 0) is 11.2 Å². The summed E-state index contributed by atoms with van der Waals surface area (Å²) in [5.41, 5.74) is 1.17. The van der Waals surface area contributed by atoms with E-state index in [4.69, 9.17) is 0 Å². The van der Waals surface area contributed by atoms with Crippen molar-refractivity contribution in [3.63, 3.8) is 0 Å². The van der Waals surface area contributed by atoms with Gasteiger partial charge in [-0.05, 0) is 30.9 Å². The fourth-order valence-electron chi connectivity index (χ4n) is 1.80. The second kappa shape index (κ2) is 7.65. The number of hydrogen-bond acceptors (Lipinski definition) is 2. The third-order valence-electron chi connectivity index (χ3n) is 3.06. The Kier molecular flexibility index (Phi) is 6.52. The Morgan fingerprint density at radius 2 is 1.95 bits per heavy atom. The molecule has 0 saturated heterocycles. The number of aliphatic hydroxyl groups excluding tert-OH is 1. The number of amides is 1. The molecule has 106 valence electrons. The van der Waals surface area contributed by atoms with Gasteiger partial charge in [-0.15, -0.1) is 0 Å². The highest BCUT2D eigenvalue weighted by Crippen LogP contribution is 2.17. The van der Waals surface area contributed by atoms with Gasteiger partial charge in [0, 0.05) is 10.5 Å². The largest absolute Gasteiger partial charge is 0.392 e. The van der Waals surface area contributed by atoms with Gasteiger partial charge in [0.15, 0.2) is 0 Å². The summed E-state index contributed by atoms with van der Waals surface area (Å²) in [6.45, 7) is 5.78. The molecule has 0 saturated carbocycles. The van der Waals surface area contributed by atoms with Crippen molar-refractivity contribution in [3.8, 4) is 0 Å². The maximum atomic E-state index is 11.8. The molecule has 0 fully saturated rings. The van der Waals surface area contributed by atoms with Crippen LogP contribution in [0, 0.1) is 5.92 Å². The van der Waals surface area contributed by atoms with Crippen LogP contribution < -0.4 is 5.32 Å². The summed E-state index contributed by atoms with van der Waals surface area (Å²) in [6, 6.07) is 8.03. The van der Waals surface area contributed by atoms with Crippen molar-refractivity contribution in [1.29, 1.82) is 0 Å². The molecule has 0 radical (unpaired) electrons. The fraction of sp³-hybridized carbons (Fsp3) is 0.533. The van der Waals surface area contributed by atoms with Crippen LogP contribution in [0.3, 0.4) is 0 Å². The van der Waals surface area contributed by atoms with Gasteiger partial charge in [0.2, 0.25) is 5.91 Å². The number of carbonyl (C=O) groups excluding carboxylic acids is 1. The third-order valence-corrected chi connectivity index (χ3v) is 3.83. The van der Waals surface area contributed by atoms with Crippen LogP contribution in [0.4, 0.5) is 0 Å². The van der Waals surface area contributed by atoms with Gasteiger partial charge < -0.3 is 10.4 Å². The molecule has 0 bridgehead atoms. The molecule has 0 aliphatic heterocycles. The van der Waals surface area contributed by atoms with E-state index < -0.39 is 6.10 Å². The topological polar surface area (TPSA) is 49.3 Å². The number of halogens is 1. The van der Waals surface area contributed by atoms with Crippen LogP contribution in [0.15, 0.2) is 28.7 Å². The minimum Gasteiger partial charge on any atom is -0.392 e. The van der Waals surface area contributed by atoms with Crippen molar-refractivity contribution in [2.75, 3.05) is 0 Å². The number of carbonyl (C=O) groups is 1. The van der Waals surface area contributed by atoms with E-state index in [-0.39, 0.29) is 24.3 Å². The molecule has 1 aromatic rings. The Balaban J connectivity index is 2.45. The third kappa shape index (κ3) is 5.74. The SMILES string of the molecule is CC(Cc1ccccc1Br)NC(=O)CC(O)C(C)C. The summed E-state index contributed by atoms with van der Waals surface area (Å²) in [4.78, 5) is 11.8. The first kappa shape index (κ1) is 16.2. The van der Waals surface area contributed by atoms with Crippen LogP contribution in [-0.4, -0.2) is 23.2 Å². The lowest BCUT2D eigenvalue weighted by Crippen LogP contribution is -2.36. The first-order chi connectivity index (χ1) is 8.90. The van der Waals surface area contributed by atoms with E-state index in [1.807, 2.05) is 45.0 Å². The van der Waals surface area contributed by atoms with E-state index in [1.165, 1.54) is 5.56 Å². The van der Waals surface area contributed by atoms with Crippen molar-refractivity contribution in [2.45, 2.75) is 45.8 Å². The Morgan fingerprint density at radius 1 is 1.32 bits per heavy atom. The molecule has 1 amide bonds. The van der Waals surface area contributed by atoms with Gasteiger partial charge in [-0.2, -0.15) is 0 Å². The van der Waals surface area contributed by atoms with E-state index in [0.717, 1.165) is 10.9 Å². The molecule has 1 aromatic carbocycles. The first-order valence-corrected chi connectivity index (χ1v) is 7.40. The van der Waals surface area contributed by atoms with Crippen molar-refractivity contribution >= 4 is 21.8 Å². The molecule has 3 nitrogen and oxygen atoms in total. The molecule has 2 unspecified atom stereocenters. The standard InChI is InChI=1S/C15H22BrNO2/c1-10(2)14(18)9-15(19)17-11(3)8-12-6-4-5-7-13(12)16/h4-7,10-11,14,18H,8-9H2,1-3H3,(H,17,19). The van der Waals surface area contributed by atoms with E-state index in [9.17, 15) is 9.90 Å². The summed E-state index contributed by atoms with van der Waals surface area (Å²) < 4.78 is 1.05. The zero-order valence-corrected chi connectivity index (χ0v) is 13.3. The quantitative estimate of drug-likeness (QED) is 0.844. The van der Waals surface area contributed by atoms with Gasteiger partial charge in [0.1, 0.15) is 0 Å². The lowest BCUT2D eigenvalue weighted by molar-refractivity contribution is -0.124. The highest BCUT2D eigenvalue weighted by molar-refractivity contribution is 9.10. The second-order valence-electron chi connectivity index (χ2n) is 5.28. The van der Waals surface area contributed by atoms with Crippen molar-refractivity contribution in [3.05, 3.63) is 34.3 Å². The minimum absolute atomic E-state index is 0.0468. The molecule has 0 aliphatic rings. The van der Waals surface area contributed by atoms with E-state index in [2.05, 4.69) is 21.2 Å². The normalized spacial score (nSPS) is 14.2. The zero-order valence-electron chi connectivity index (χ0n) is 11.7. The number of nitrogens with one attached hydrogen (secondary N) is 1. The Hall–Kier alpha value is -0.870. The van der Waals surface area contributed by atoms with Crippen LogP contribution in [0.5, 0.6) is 0 Å². The summed E-state index contributed by atoms with van der Waals surface area (Å²) in [5.74, 6) is 0.00470. The van der Waals surface area contributed by atoms with E-state index >= 15 is 0 Å². The van der Waals surface area contributed by atoms with Crippen molar-refractivity contribution in [1.82, 2.24) is 5.32 Å². The number of benzene rings is 1. The highest BCUT2D eigenvalue weighted by atomic mass is 79.9. The number of rotatable bonds is 6. The maximum Gasteiger partial charge on any atom is 0.222 e. The van der Waals surface area contributed by atoms with Crippen LogP contribution >= 0.6 is 15.9 Å². The first-order valence-electron chi connectivity index (χ1n) is 6.61. The molecule has 2 N–H and O–H groups in total. The Morgan fingerprint density at radius 3 is 2.53 bits per heavy atom. The summed E-state index contributed by atoms with van der Waals surface area (Å²) >= 11 is 3.50. The molecule has 2 atom stereocenters. The van der Waals surface area contributed by atoms with Gasteiger partial charge >= 0.3 is 0 Å². The minimum atomic E-state index is -0.573. The van der Waals surface area contributed by atoms with Crippen molar-refractivity contribution < 1.29 is 9.90 Å². The summed E-state index contributed by atoms with van der Waals surface area (Å²) in [7, 11) is 0. The molecular formula is C15H22BrNO2. The maximum absolute atomic E-state index is 11.8. The van der Waals surface area contributed by atoms with Gasteiger partial charge in [0.25, 0.3) is 0 Å². The van der Waals surface area contributed by atoms with Crippen LogP contribution in [0.2, 0.25) is 0 Å². The Bertz CT molecular complexity index is 420. The predicted molar refractivity (Wildman–Crippen MR) is 80.9 cm³/mol. The average Bonchev–Trinajstić information content (AvgIpc) is 2.31. The molecule has 19 heavy (non-hydrogen) atoms. The van der Waals surface area contributed by atoms with Gasteiger partial charge in [-0.25, -0.2) is 0 Å². The summed E-state index contributed by atoms with van der Waals surface area (Å²) in [5, 5.41) is 12.6. The molecule has 1 rings (SSSR count). The predicted octanol–water partition coefficient (Wildman–Crippen LogP) is 2.90. The van der Waals surface area contributed by atoms with Crippen LogP contribution in [0.1, 0.15) is 32.8 Å². The zero-order chi connectivity index (χ0) is 14.4. The van der Waals surface area contributed by atoms with Gasteiger partial charge in [0.05, 0.1) is 12.5 Å². The second-order valence-corrected chi connectivity index (χ2v) is 6.13. The Labute approximate surface area is 123 Å². The van der Waals surface area contributed by atoms with Crippen LogP contribution in [0.25, 0.3) is 0 Å². The molecule has 0 spiro atoms. The fourth-order valence-corrected chi connectivity index (χ4v) is 2.25. The van der Waals surface area contributed by atoms with Gasteiger partial charge in [-0.3, -0.25) is 4.79 Å². The smallest absolute Gasteiger partial charge is 0.222 e. The molecule has 0 aromatic heterocycles. The lowest BCUT2D eigenvalue weighted by atomic mass is 10.0. The average molecular weight is 328 g/mol. The molecule has 4 heteroatoms.